The van der Waals surface area contributed by atoms with E-state index in [0.29, 0.717) is 40.6 Å². The van der Waals surface area contributed by atoms with Crippen LogP contribution in [0.2, 0.25) is 5.02 Å². The molecule has 1 aliphatic rings. The van der Waals surface area contributed by atoms with Crippen LogP contribution in [0, 0.1) is 5.92 Å². The second-order valence-corrected chi connectivity index (χ2v) is 9.41. The first kappa shape index (κ1) is 25.1. The average Bonchev–Trinajstić information content (AvgIpc) is 3.60. The number of tetrazole rings is 1. The van der Waals surface area contributed by atoms with E-state index in [4.69, 9.17) is 11.6 Å². The van der Waals surface area contributed by atoms with Crippen LogP contribution in [0.3, 0.4) is 0 Å². The molecular weight excluding hydrogens is 504 g/mol. The number of fused-ring (bicyclic) bond motifs is 4. The van der Waals surface area contributed by atoms with E-state index in [9.17, 15) is 9.59 Å². The number of para-hydroxylation sites is 1. The van der Waals surface area contributed by atoms with E-state index < -0.39 is 6.04 Å². The van der Waals surface area contributed by atoms with Gasteiger partial charge in [0.2, 0.25) is 11.8 Å². The normalized spacial score (nSPS) is 18.5. The summed E-state index contributed by atoms with van der Waals surface area (Å²) in [4.78, 5) is 33.5. The third-order valence-corrected chi connectivity index (χ3v) is 6.31. The molecule has 2 aromatic carbocycles. The van der Waals surface area contributed by atoms with E-state index in [1.165, 1.54) is 17.1 Å². The van der Waals surface area contributed by atoms with Crippen LogP contribution in [-0.2, 0) is 9.59 Å². The molecule has 1 aliphatic heterocycles. The molecule has 0 aliphatic carbocycles. The number of aromatic nitrogens is 6. The van der Waals surface area contributed by atoms with Crippen molar-refractivity contribution < 1.29 is 9.59 Å². The highest BCUT2D eigenvalue weighted by Gasteiger charge is 2.19. The summed E-state index contributed by atoms with van der Waals surface area (Å²) in [6.45, 7) is 1.98. The lowest BCUT2D eigenvalue weighted by Gasteiger charge is -2.14. The molecule has 2 atom stereocenters. The lowest BCUT2D eigenvalue weighted by molar-refractivity contribution is -0.117. The van der Waals surface area contributed by atoms with E-state index in [-0.39, 0.29) is 17.7 Å². The predicted octanol–water partition coefficient (Wildman–Crippen LogP) is 4.50. The largest absolute Gasteiger partial charge is 0.342 e. The average molecular weight is 529 g/mol. The van der Waals surface area contributed by atoms with Crippen LogP contribution >= 0.6 is 11.6 Å². The van der Waals surface area contributed by atoms with Crippen LogP contribution in [0.4, 0.5) is 5.69 Å². The number of imidazole rings is 1. The molecule has 0 saturated heterocycles. The minimum atomic E-state index is -0.417. The molecule has 3 heterocycles. The molecule has 5 rings (SSSR count). The van der Waals surface area contributed by atoms with Crippen molar-refractivity contribution in [2.24, 2.45) is 5.92 Å². The van der Waals surface area contributed by atoms with Crippen molar-refractivity contribution in [3.05, 3.63) is 89.6 Å². The number of benzene rings is 2. The number of halogens is 1. The summed E-state index contributed by atoms with van der Waals surface area (Å²) >= 11 is 6.19. The quantitative estimate of drug-likeness (QED) is 0.264. The maximum Gasteiger partial charge on any atom is 0.244 e. The minimum absolute atomic E-state index is 0.0259. The number of anilines is 1. The standard InChI is InChI=1S/C27H25ClN8O2/c1-17-5-4-8-22(27-29-15-23(33-27)20-6-2-3-7-21(20)31-26(38)13-17)32-25(37)12-9-18-14-19(28)10-11-24(18)36-16-30-34-35-36/h2-7,9-12,14-17,22H,8,13H2,1H3,(H,29,33)(H,31,38)(H,32,37)/b5-4-,12-9+. The van der Waals surface area contributed by atoms with Crippen LogP contribution in [0.25, 0.3) is 23.0 Å². The number of nitrogens with one attached hydrogen (secondary N) is 3. The van der Waals surface area contributed by atoms with Crippen LogP contribution in [0.1, 0.15) is 37.2 Å². The molecule has 0 fully saturated rings. The Balaban J connectivity index is 1.41. The number of amides is 2. The Morgan fingerprint density at radius 1 is 1.24 bits per heavy atom. The number of nitrogens with zero attached hydrogens (tertiary/aromatic N) is 5. The van der Waals surface area contributed by atoms with Crippen molar-refractivity contribution >= 4 is 35.2 Å². The van der Waals surface area contributed by atoms with Crippen LogP contribution in [0.5, 0.6) is 0 Å². The molecular formula is C27H25ClN8O2. The predicted molar refractivity (Wildman–Crippen MR) is 144 cm³/mol. The van der Waals surface area contributed by atoms with E-state index in [0.717, 1.165) is 11.3 Å². The molecule has 4 aromatic rings. The summed E-state index contributed by atoms with van der Waals surface area (Å²) in [5.41, 5.74) is 3.62. The molecule has 192 valence electrons. The van der Waals surface area contributed by atoms with E-state index in [2.05, 4.69) is 36.1 Å². The van der Waals surface area contributed by atoms with E-state index >= 15 is 0 Å². The van der Waals surface area contributed by atoms with Crippen molar-refractivity contribution in [3.8, 4) is 16.9 Å². The highest BCUT2D eigenvalue weighted by atomic mass is 35.5. The fraction of sp³-hybridized carbons (Fsp3) is 0.185. The Morgan fingerprint density at radius 3 is 2.95 bits per heavy atom. The first-order valence-corrected chi connectivity index (χ1v) is 12.5. The molecule has 3 N–H and O–H groups in total. The Bertz CT molecular complexity index is 1510. The monoisotopic (exact) mass is 528 g/mol. The summed E-state index contributed by atoms with van der Waals surface area (Å²) in [6.07, 6.45) is 11.1. The first-order valence-electron chi connectivity index (χ1n) is 12.1. The molecule has 2 bridgehead atoms. The first-order chi connectivity index (χ1) is 18.5. The topological polar surface area (TPSA) is 130 Å². The van der Waals surface area contributed by atoms with E-state index in [1.54, 1.807) is 30.5 Å². The van der Waals surface area contributed by atoms with Gasteiger partial charge in [0.05, 0.1) is 29.3 Å². The van der Waals surface area contributed by atoms with Crippen LogP contribution in [0.15, 0.2) is 73.2 Å². The van der Waals surface area contributed by atoms with Gasteiger partial charge in [-0.2, -0.15) is 4.68 Å². The Morgan fingerprint density at radius 2 is 2.11 bits per heavy atom. The van der Waals surface area contributed by atoms with Gasteiger partial charge in [0.25, 0.3) is 0 Å². The third kappa shape index (κ3) is 5.87. The lowest BCUT2D eigenvalue weighted by Crippen LogP contribution is -2.27. The van der Waals surface area contributed by atoms with Crippen molar-refractivity contribution in [1.29, 1.82) is 0 Å². The maximum atomic E-state index is 13.0. The summed E-state index contributed by atoms with van der Waals surface area (Å²) in [7, 11) is 0. The molecule has 11 heteroatoms. The number of hydrogen-bond acceptors (Lipinski definition) is 6. The zero-order valence-electron chi connectivity index (χ0n) is 20.5. The van der Waals surface area contributed by atoms with Gasteiger partial charge in [0.1, 0.15) is 12.2 Å². The highest BCUT2D eigenvalue weighted by Crippen LogP contribution is 2.29. The summed E-state index contributed by atoms with van der Waals surface area (Å²) in [5, 5.41) is 17.8. The smallest absolute Gasteiger partial charge is 0.244 e. The Kier molecular flexibility index (Phi) is 7.41. The van der Waals surface area contributed by atoms with E-state index in [1.807, 2.05) is 43.3 Å². The summed E-state index contributed by atoms with van der Waals surface area (Å²) in [6, 6.07) is 12.4. The van der Waals surface area contributed by atoms with Crippen LogP contribution < -0.4 is 10.6 Å². The van der Waals surface area contributed by atoms with Gasteiger partial charge < -0.3 is 15.6 Å². The highest BCUT2D eigenvalue weighted by molar-refractivity contribution is 6.30. The molecule has 38 heavy (non-hydrogen) atoms. The van der Waals surface area contributed by atoms with Gasteiger partial charge >= 0.3 is 0 Å². The molecule has 2 amide bonds. The van der Waals surface area contributed by atoms with Gasteiger partial charge in [0, 0.05) is 28.6 Å². The van der Waals surface area contributed by atoms with Gasteiger partial charge in [-0.15, -0.1) is 5.10 Å². The zero-order valence-corrected chi connectivity index (χ0v) is 21.3. The van der Waals surface area contributed by atoms with Gasteiger partial charge in [-0.05, 0) is 53.1 Å². The number of rotatable bonds is 4. The third-order valence-electron chi connectivity index (χ3n) is 6.08. The van der Waals surface area contributed by atoms with Gasteiger partial charge in [0.15, 0.2) is 0 Å². The van der Waals surface area contributed by atoms with Crippen molar-refractivity contribution in [3.63, 3.8) is 0 Å². The molecule has 10 nitrogen and oxygen atoms in total. The van der Waals surface area contributed by atoms with Crippen molar-refractivity contribution in [2.45, 2.75) is 25.8 Å². The number of carbonyl (C=O) groups excluding carboxylic acids is 2. The molecule has 0 radical (unpaired) electrons. The van der Waals surface area contributed by atoms with Gasteiger partial charge in [-0.25, -0.2) is 4.98 Å². The number of carbonyl (C=O) groups is 2. The number of H-pyrrole nitrogens is 1. The second-order valence-electron chi connectivity index (χ2n) is 8.97. The second kappa shape index (κ2) is 11.2. The molecule has 2 aromatic heterocycles. The van der Waals surface area contributed by atoms with Gasteiger partial charge in [-0.1, -0.05) is 48.9 Å². The van der Waals surface area contributed by atoms with Crippen molar-refractivity contribution in [1.82, 2.24) is 35.5 Å². The summed E-state index contributed by atoms with van der Waals surface area (Å²) in [5.74, 6) is 0.263. The Hall–Kier alpha value is -4.57. The lowest BCUT2D eigenvalue weighted by atomic mass is 10.0. The van der Waals surface area contributed by atoms with Crippen LogP contribution in [-0.4, -0.2) is 42.0 Å². The fourth-order valence-electron chi connectivity index (χ4n) is 4.25. The number of allylic oxidation sites excluding steroid dienone is 1. The molecule has 0 spiro atoms. The number of hydrogen-bond donors (Lipinski definition) is 3. The summed E-state index contributed by atoms with van der Waals surface area (Å²) < 4.78 is 1.50. The van der Waals surface area contributed by atoms with Gasteiger partial charge in [-0.3, -0.25) is 9.59 Å². The fourth-order valence-corrected chi connectivity index (χ4v) is 4.43. The minimum Gasteiger partial charge on any atom is -0.342 e. The van der Waals surface area contributed by atoms with Crippen molar-refractivity contribution in [2.75, 3.05) is 5.32 Å². The SMILES string of the molecule is CC1/C=C\CC(NC(=O)/C=C/c2cc(Cl)ccc2-n2cnnn2)c2ncc([nH]2)-c2ccccc2NC(=O)C1. The zero-order chi connectivity index (χ0) is 26.5. The Labute approximate surface area is 223 Å². The number of aromatic amines is 1. The maximum absolute atomic E-state index is 13.0. The molecule has 0 saturated carbocycles. The molecule has 2 unspecified atom stereocenters.